The quantitative estimate of drug-likeness (QED) is 0.261. The highest BCUT2D eigenvalue weighted by atomic mass is 32.2. The molecule has 0 aliphatic carbocycles. The molecule has 0 N–H and O–H groups in total. The van der Waals surface area contributed by atoms with Crippen LogP contribution in [0.1, 0.15) is 47.0 Å². The van der Waals surface area contributed by atoms with Crippen LogP contribution in [0.5, 0.6) is 0 Å². The predicted octanol–water partition coefficient (Wildman–Crippen LogP) is 7.78. The Balaban J connectivity index is 0.000000302. The Bertz CT molecular complexity index is 1220. The zero-order valence-corrected chi connectivity index (χ0v) is 22.0. The van der Waals surface area contributed by atoms with Crippen molar-refractivity contribution >= 4 is 17.5 Å². The molecule has 0 aliphatic rings. The number of hydrogen-bond acceptors (Lipinski definition) is 5. The number of allylic oxidation sites excluding steroid dienone is 4. The van der Waals surface area contributed by atoms with E-state index in [9.17, 15) is 13.6 Å². The molecule has 190 valence electrons. The van der Waals surface area contributed by atoms with E-state index in [1.165, 1.54) is 59.2 Å². The van der Waals surface area contributed by atoms with Crippen molar-refractivity contribution in [3.63, 3.8) is 0 Å². The van der Waals surface area contributed by atoms with Crippen molar-refractivity contribution in [3.05, 3.63) is 88.8 Å². The number of aromatic nitrogens is 4. The number of pyridine rings is 1. The number of halogens is 2. The van der Waals surface area contributed by atoms with Crippen molar-refractivity contribution in [2.45, 2.75) is 53.5 Å². The normalized spacial score (nSPS) is 11.3. The number of thioether (sulfide) groups is 1. The summed E-state index contributed by atoms with van der Waals surface area (Å²) < 4.78 is 27.5. The fourth-order valence-electron chi connectivity index (χ4n) is 3.24. The molecule has 0 saturated heterocycles. The molecule has 2 aromatic heterocycles. The summed E-state index contributed by atoms with van der Waals surface area (Å²) in [6, 6.07) is 8.42. The van der Waals surface area contributed by atoms with Crippen LogP contribution in [0, 0.1) is 11.6 Å². The van der Waals surface area contributed by atoms with Crippen molar-refractivity contribution in [1.82, 2.24) is 19.7 Å². The van der Waals surface area contributed by atoms with Gasteiger partial charge in [-0.2, -0.15) is 0 Å². The van der Waals surface area contributed by atoms with E-state index in [2.05, 4.69) is 42.1 Å². The topological polar surface area (TPSA) is 60.7 Å². The summed E-state index contributed by atoms with van der Waals surface area (Å²) in [4.78, 5) is 22.3. The fourth-order valence-corrected chi connectivity index (χ4v) is 4.14. The van der Waals surface area contributed by atoms with Crippen molar-refractivity contribution in [1.29, 1.82) is 0 Å². The number of nitrogens with zero attached hydrogens (tertiary/aromatic N) is 4. The zero-order valence-electron chi connectivity index (χ0n) is 21.2. The zero-order chi connectivity index (χ0) is 26.7. The third-order valence-electron chi connectivity index (χ3n) is 4.83. The molecule has 1 aromatic carbocycles. The molecule has 0 unspecified atom stereocenters. The Morgan fingerprint density at radius 3 is 2.28 bits per heavy atom. The Hall–Kier alpha value is -3.39. The maximum Gasteiger partial charge on any atom is 0.181 e. The molecule has 0 spiro atoms. The van der Waals surface area contributed by atoms with E-state index in [4.69, 9.17) is 0 Å². The van der Waals surface area contributed by atoms with Crippen LogP contribution in [-0.2, 0) is 11.3 Å². The Morgan fingerprint density at radius 2 is 1.75 bits per heavy atom. The van der Waals surface area contributed by atoms with Gasteiger partial charge in [-0.3, -0.25) is 4.79 Å². The fraction of sp³-hybridized carbons (Fsp3) is 0.286. The minimum atomic E-state index is -0.467. The van der Waals surface area contributed by atoms with E-state index < -0.39 is 5.82 Å². The first-order valence-corrected chi connectivity index (χ1v) is 12.4. The molecule has 0 amide bonds. The van der Waals surface area contributed by atoms with Crippen LogP contribution in [0.4, 0.5) is 8.78 Å². The molecule has 0 radical (unpaired) electrons. The smallest absolute Gasteiger partial charge is 0.181 e. The minimum absolute atomic E-state index is 0.0165. The molecule has 0 bridgehead atoms. The van der Waals surface area contributed by atoms with Gasteiger partial charge in [0.05, 0.1) is 6.20 Å². The lowest BCUT2D eigenvalue weighted by molar-refractivity contribution is -0.117. The van der Waals surface area contributed by atoms with Crippen LogP contribution in [-0.4, -0.2) is 25.5 Å². The van der Waals surface area contributed by atoms with E-state index in [1.54, 1.807) is 23.9 Å². The van der Waals surface area contributed by atoms with Crippen molar-refractivity contribution in [2.75, 3.05) is 0 Å². The summed E-state index contributed by atoms with van der Waals surface area (Å²) in [5, 5.41) is 4.28. The monoisotopic (exact) mass is 510 g/mol. The average molecular weight is 511 g/mol. The van der Waals surface area contributed by atoms with Gasteiger partial charge in [0.25, 0.3) is 0 Å². The molecule has 0 atom stereocenters. The highest BCUT2D eigenvalue weighted by molar-refractivity contribution is 8.06. The third-order valence-corrected chi connectivity index (χ3v) is 5.94. The van der Waals surface area contributed by atoms with E-state index in [1.807, 2.05) is 13.0 Å². The molecule has 2 heterocycles. The molecule has 36 heavy (non-hydrogen) atoms. The average Bonchev–Trinajstić information content (AvgIpc) is 3.23. The number of ketones is 1. The number of carbonyl (C=O) groups excluding carboxylic acids is 1. The largest absolute Gasteiger partial charge is 0.298 e. The van der Waals surface area contributed by atoms with Crippen LogP contribution in [0.3, 0.4) is 0 Å². The van der Waals surface area contributed by atoms with E-state index >= 15 is 0 Å². The van der Waals surface area contributed by atoms with Crippen LogP contribution in [0.25, 0.3) is 22.9 Å². The highest BCUT2D eigenvalue weighted by Crippen LogP contribution is 2.31. The maximum absolute atomic E-state index is 13.0. The van der Waals surface area contributed by atoms with Crippen molar-refractivity contribution in [2.24, 2.45) is 0 Å². The first kappa shape index (κ1) is 28.8. The van der Waals surface area contributed by atoms with Crippen LogP contribution < -0.4 is 0 Å². The van der Waals surface area contributed by atoms with E-state index in [-0.39, 0.29) is 18.1 Å². The summed E-state index contributed by atoms with van der Waals surface area (Å²) in [5.41, 5.74) is 2.49. The lowest BCUT2D eigenvalue weighted by Gasteiger charge is -2.09. The van der Waals surface area contributed by atoms with Gasteiger partial charge in [-0.15, -0.1) is 11.7 Å². The third kappa shape index (κ3) is 9.00. The SMILES string of the molecule is C=CC/C(SC(=C)C)=C(/C)CCC.CC(=O)Cn1nc(-c2ccc(F)cc2)nc1-c1ccc(F)cn1. The van der Waals surface area contributed by atoms with E-state index in [0.29, 0.717) is 22.9 Å². The summed E-state index contributed by atoms with van der Waals surface area (Å²) in [5.74, 6) is -0.252. The molecule has 0 saturated carbocycles. The lowest BCUT2D eigenvalue weighted by Crippen LogP contribution is -2.10. The lowest BCUT2D eigenvalue weighted by atomic mass is 10.1. The van der Waals surface area contributed by atoms with Gasteiger partial charge in [-0.1, -0.05) is 43.3 Å². The second-order valence-corrected chi connectivity index (χ2v) is 9.63. The van der Waals surface area contributed by atoms with Gasteiger partial charge in [0.2, 0.25) is 0 Å². The standard InChI is InChI=1S/C16H12F2N4O.C12H20S/c1-10(23)9-22-16(14-7-6-13(18)8-19-14)20-15(21-22)11-2-4-12(17)5-3-11;1-6-8-11(5)12(9-7-2)13-10(3)4/h2-8H,9H2,1H3;7H,2-3,6,8-9H2,1,4-5H3/b;12-11+. The van der Waals surface area contributed by atoms with Gasteiger partial charge in [0.1, 0.15) is 23.9 Å². The Kier molecular flexibility index (Phi) is 11.4. The molecule has 0 aliphatic heterocycles. The first-order valence-electron chi connectivity index (χ1n) is 11.6. The van der Waals surface area contributed by atoms with Crippen molar-refractivity contribution < 1.29 is 13.6 Å². The molecule has 8 heteroatoms. The van der Waals surface area contributed by atoms with Crippen LogP contribution >= 0.6 is 11.8 Å². The molecule has 3 aromatic rings. The molecular formula is C28H32F2N4OS. The van der Waals surface area contributed by atoms with Gasteiger partial charge < -0.3 is 0 Å². The Labute approximate surface area is 216 Å². The van der Waals surface area contributed by atoms with Crippen LogP contribution in [0.2, 0.25) is 0 Å². The van der Waals surface area contributed by atoms with Gasteiger partial charge in [0, 0.05) is 5.56 Å². The number of rotatable bonds is 10. The minimum Gasteiger partial charge on any atom is -0.298 e. The van der Waals surface area contributed by atoms with Gasteiger partial charge in [0.15, 0.2) is 17.4 Å². The molecule has 0 fully saturated rings. The molecule has 5 nitrogen and oxygen atoms in total. The van der Waals surface area contributed by atoms with E-state index in [0.717, 1.165) is 17.5 Å². The Morgan fingerprint density at radius 1 is 1.08 bits per heavy atom. The summed E-state index contributed by atoms with van der Waals surface area (Å²) in [6.07, 6.45) is 6.40. The summed E-state index contributed by atoms with van der Waals surface area (Å²) >= 11 is 1.79. The molecule has 3 rings (SSSR count). The summed E-state index contributed by atoms with van der Waals surface area (Å²) in [7, 11) is 0. The van der Waals surface area contributed by atoms with Gasteiger partial charge in [-0.25, -0.2) is 23.4 Å². The second-order valence-electron chi connectivity index (χ2n) is 8.24. The highest BCUT2D eigenvalue weighted by Gasteiger charge is 2.16. The number of carbonyl (C=O) groups is 1. The summed E-state index contributed by atoms with van der Waals surface area (Å²) in [6.45, 7) is 15.6. The number of hydrogen-bond donors (Lipinski definition) is 0. The predicted molar refractivity (Wildman–Crippen MR) is 144 cm³/mol. The maximum atomic E-state index is 13.0. The van der Waals surface area contributed by atoms with Gasteiger partial charge >= 0.3 is 0 Å². The second kappa shape index (κ2) is 14.2. The van der Waals surface area contributed by atoms with Crippen LogP contribution in [0.15, 0.2) is 77.2 Å². The number of Topliss-reactive ketones (excluding diaryl/α,β-unsaturated/α-hetero) is 1. The van der Waals surface area contributed by atoms with Crippen molar-refractivity contribution in [3.8, 4) is 22.9 Å². The molecular weight excluding hydrogens is 478 g/mol. The van der Waals surface area contributed by atoms with Gasteiger partial charge in [-0.05, 0) is 79.8 Å². The first-order chi connectivity index (χ1) is 17.1. The number of benzene rings is 1.